The Morgan fingerprint density at radius 3 is 2.68 bits per heavy atom. The Balaban J connectivity index is 1.78. The number of hydrogen-bond donors (Lipinski definition) is 2. The summed E-state index contributed by atoms with van der Waals surface area (Å²) in [7, 11) is 1.27. The number of rotatable bonds is 5. The lowest BCUT2D eigenvalue weighted by molar-refractivity contribution is -0.136. The van der Waals surface area contributed by atoms with Gasteiger partial charge in [0.2, 0.25) is 0 Å². The second-order valence-corrected chi connectivity index (χ2v) is 8.01. The van der Waals surface area contributed by atoms with Gasteiger partial charge in [-0.2, -0.15) is 0 Å². The molecule has 158 valence electrons. The molecule has 4 rings (SSSR count). The van der Waals surface area contributed by atoms with E-state index >= 15 is 0 Å². The fraction of sp³-hybridized carbons (Fsp3) is 0.174. The Kier molecular flexibility index (Phi) is 5.90. The van der Waals surface area contributed by atoms with Crippen molar-refractivity contribution in [1.82, 2.24) is 9.97 Å². The summed E-state index contributed by atoms with van der Waals surface area (Å²) >= 11 is 1.40. The van der Waals surface area contributed by atoms with E-state index in [4.69, 9.17) is 4.74 Å². The van der Waals surface area contributed by atoms with Gasteiger partial charge in [0, 0.05) is 11.4 Å². The molecule has 0 saturated heterocycles. The maximum atomic E-state index is 14.0. The monoisotopic (exact) mass is 437 g/mol. The second-order valence-electron chi connectivity index (χ2n) is 7.05. The van der Waals surface area contributed by atoms with E-state index < -0.39 is 23.3 Å². The van der Waals surface area contributed by atoms with Crippen molar-refractivity contribution in [3.8, 4) is 0 Å². The average molecular weight is 437 g/mol. The molecule has 0 radical (unpaired) electrons. The number of carbonyl (C=O) groups is 1. The first kappa shape index (κ1) is 20.9. The van der Waals surface area contributed by atoms with Crippen molar-refractivity contribution in [3.63, 3.8) is 0 Å². The van der Waals surface area contributed by atoms with Crippen LogP contribution in [0.25, 0.3) is 0 Å². The van der Waals surface area contributed by atoms with Crippen LogP contribution in [0.2, 0.25) is 0 Å². The Morgan fingerprint density at radius 1 is 1.19 bits per heavy atom. The summed E-state index contributed by atoms with van der Waals surface area (Å²) in [6, 6.07) is 15.7. The van der Waals surface area contributed by atoms with Crippen molar-refractivity contribution in [3.05, 3.63) is 98.7 Å². The van der Waals surface area contributed by atoms with E-state index in [1.165, 1.54) is 31.0 Å². The zero-order valence-corrected chi connectivity index (χ0v) is 17.8. The largest absolute Gasteiger partial charge is 0.466 e. The minimum atomic E-state index is -0.802. The summed E-state index contributed by atoms with van der Waals surface area (Å²) < 4.78 is 18.9. The molecule has 0 fully saturated rings. The van der Waals surface area contributed by atoms with Gasteiger partial charge in [-0.25, -0.2) is 14.2 Å². The molecule has 2 aromatic carbocycles. The number of nitrogens with zero attached hydrogens (tertiary/aromatic N) is 1. The maximum absolute atomic E-state index is 14.0. The number of ether oxygens (including phenoxy) is 1. The lowest BCUT2D eigenvalue weighted by atomic mass is 9.82. The van der Waals surface area contributed by atoms with Crippen molar-refractivity contribution in [2.75, 3.05) is 12.4 Å². The number of esters is 1. The second kappa shape index (κ2) is 8.77. The molecule has 1 aromatic heterocycles. The highest BCUT2D eigenvalue weighted by Crippen LogP contribution is 2.40. The van der Waals surface area contributed by atoms with E-state index in [0.29, 0.717) is 28.0 Å². The molecule has 2 heterocycles. The third-order valence-corrected chi connectivity index (χ3v) is 5.97. The van der Waals surface area contributed by atoms with Crippen LogP contribution in [0, 0.1) is 5.82 Å². The number of fused-ring (bicyclic) bond motifs is 1. The van der Waals surface area contributed by atoms with Gasteiger partial charge >= 0.3 is 5.97 Å². The van der Waals surface area contributed by atoms with Crippen molar-refractivity contribution >= 4 is 23.5 Å². The molecular weight excluding hydrogens is 417 g/mol. The predicted molar refractivity (Wildman–Crippen MR) is 117 cm³/mol. The number of aromatic nitrogens is 2. The average Bonchev–Trinajstić information content (AvgIpc) is 2.77. The molecule has 2 N–H and O–H groups in total. The number of aromatic amines is 1. The van der Waals surface area contributed by atoms with Crippen LogP contribution in [0.3, 0.4) is 0 Å². The zero-order valence-electron chi connectivity index (χ0n) is 16.9. The van der Waals surface area contributed by atoms with E-state index in [0.717, 1.165) is 5.56 Å². The number of thioether (sulfide) groups is 1. The molecule has 1 aliphatic rings. The molecule has 8 heteroatoms. The summed E-state index contributed by atoms with van der Waals surface area (Å²) in [5, 5.41) is 3.51. The van der Waals surface area contributed by atoms with Gasteiger partial charge in [0.05, 0.1) is 24.2 Å². The maximum Gasteiger partial charge on any atom is 0.336 e. The number of nitrogens with one attached hydrogen (secondary N) is 2. The Morgan fingerprint density at radius 2 is 1.97 bits per heavy atom. The molecule has 0 amide bonds. The zero-order chi connectivity index (χ0) is 22.0. The quantitative estimate of drug-likeness (QED) is 0.354. The number of halogens is 1. The molecule has 0 spiro atoms. The highest BCUT2D eigenvalue weighted by Gasteiger charge is 2.36. The van der Waals surface area contributed by atoms with Gasteiger partial charge < -0.3 is 15.0 Å². The van der Waals surface area contributed by atoms with Crippen molar-refractivity contribution in [1.29, 1.82) is 0 Å². The molecule has 0 unspecified atom stereocenters. The number of hydrogen-bond acceptors (Lipinski definition) is 6. The van der Waals surface area contributed by atoms with Crippen LogP contribution in [0.15, 0.2) is 75.8 Å². The molecule has 0 aliphatic carbocycles. The summed E-state index contributed by atoms with van der Waals surface area (Å²) in [4.78, 5) is 33.0. The first-order valence-electron chi connectivity index (χ1n) is 9.60. The first-order chi connectivity index (χ1) is 15.0. The number of carbonyl (C=O) groups excluding carboxylic acids is 1. The summed E-state index contributed by atoms with van der Waals surface area (Å²) in [5.41, 5.74) is 2.18. The fourth-order valence-electron chi connectivity index (χ4n) is 3.63. The standard InChI is InChI=1S/C23H20FN3O3S/c1-13-17(22(29)30-2)18(15-9-6-10-16(24)11-15)19-20(25-13)26-23(27-21(19)28)31-12-14-7-4-3-5-8-14/h3-11,18H,12H2,1-2H3,(H2,25,26,27,28)/t18-/m1/s1. The lowest BCUT2D eigenvalue weighted by Gasteiger charge is -2.28. The summed E-state index contributed by atoms with van der Waals surface area (Å²) in [5.74, 6) is -0.869. The van der Waals surface area contributed by atoms with E-state index in [-0.39, 0.29) is 11.1 Å². The highest BCUT2D eigenvalue weighted by atomic mass is 32.2. The summed E-state index contributed by atoms with van der Waals surface area (Å²) in [6.45, 7) is 1.71. The van der Waals surface area contributed by atoms with E-state index in [9.17, 15) is 14.0 Å². The van der Waals surface area contributed by atoms with E-state index in [1.807, 2.05) is 30.3 Å². The normalized spacial score (nSPS) is 15.3. The predicted octanol–water partition coefficient (Wildman–Crippen LogP) is 4.21. The molecule has 0 saturated carbocycles. The Bertz CT molecular complexity index is 1220. The molecule has 31 heavy (non-hydrogen) atoms. The molecule has 1 aliphatic heterocycles. The van der Waals surface area contributed by atoms with E-state index in [1.54, 1.807) is 19.1 Å². The topological polar surface area (TPSA) is 84.1 Å². The van der Waals surface area contributed by atoms with Gasteiger partial charge in [0.25, 0.3) is 5.56 Å². The van der Waals surface area contributed by atoms with Crippen LogP contribution < -0.4 is 10.9 Å². The fourth-order valence-corrected chi connectivity index (χ4v) is 4.44. The third kappa shape index (κ3) is 4.25. The number of methoxy groups -OCH3 is 1. The molecule has 3 aromatic rings. The highest BCUT2D eigenvalue weighted by molar-refractivity contribution is 7.98. The molecular formula is C23H20FN3O3S. The number of anilines is 1. The van der Waals surface area contributed by atoms with Crippen LogP contribution >= 0.6 is 11.8 Å². The van der Waals surface area contributed by atoms with Crippen molar-refractivity contribution in [2.45, 2.75) is 23.8 Å². The van der Waals surface area contributed by atoms with Gasteiger partial charge in [0.1, 0.15) is 11.6 Å². The van der Waals surface area contributed by atoms with Crippen LogP contribution in [0.1, 0.15) is 29.5 Å². The molecule has 1 atom stereocenters. The van der Waals surface area contributed by atoms with Gasteiger partial charge in [-0.3, -0.25) is 4.79 Å². The molecule has 0 bridgehead atoms. The van der Waals surface area contributed by atoms with Gasteiger partial charge in [0.15, 0.2) is 5.16 Å². The Hall–Kier alpha value is -3.39. The smallest absolute Gasteiger partial charge is 0.336 e. The minimum absolute atomic E-state index is 0.248. The van der Waals surface area contributed by atoms with Gasteiger partial charge in [-0.05, 0) is 30.2 Å². The number of H-pyrrole nitrogens is 1. The van der Waals surface area contributed by atoms with Gasteiger partial charge in [-0.15, -0.1) is 0 Å². The van der Waals surface area contributed by atoms with Crippen molar-refractivity contribution < 1.29 is 13.9 Å². The molecule has 6 nitrogen and oxygen atoms in total. The van der Waals surface area contributed by atoms with Crippen LogP contribution in [-0.2, 0) is 15.3 Å². The summed E-state index contributed by atoms with van der Waals surface area (Å²) in [6.07, 6.45) is 0. The van der Waals surface area contributed by atoms with Crippen LogP contribution in [0.4, 0.5) is 10.2 Å². The SMILES string of the molecule is COC(=O)C1=C(C)Nc2nc(SCc3ccccc3)[nH]c(=O)c2[C@@H]1c1cccc(F)c1. The number of benzene rings is 2. The Labute approximate surface area is 182 Å². The van der Waals surface area contributed by atoms with E-state index in [2.05, 4.69) is 15.3 Å². The first-order valence-corrected chi connectivity index (χ1v) is 10.6. The number of allylic oxidation sites excluding steroid dienone is 1. The van der Waals surface area contributed by atoms with Crippen LogP contribution in [-0.4, -0.2) is 23.0 Å². The minimum Gasteiger partial charge on any atom is -0.466 e. The third-order valence-electron chi connectivity index (χ3n) is 5.03. The van der Waals surface area contributed by atoms with Gasteiger partial charge in [-0.1, -0.05) is 54.2 Å². The van der Waals surface area contributed by atoms with Crippen molar-refractivity contribution in [2.24, 2.45) is 0 Å². The van der Waals surface area contributed by atoms with Crippen LogP contribution in [0.5, 0.6) is 0 Å². The lowest BCUT2D eigenvalue weighted by Crippen LogP contribution is -2.31.